The second kappa shape index (κ2) is 8.69. The van der Waals surface area contributed by atoms with Gasteiger partial charge in [-0.25, -0.2) is 8.42 Å². The van der Waals surface area contributed by atoms with Crippen molar-refractivity contribution in [1.82, 2.24) is 15.5 Å². The summed E-state index contributed by atoms with van der Waals surface area (Å²) in [6, 6.07) is -0.0899. The third-order valence-electron chi connectivity index (χ3n) is 5.95. The Hall–Kier alpha value is -1.15. The molecule has 2 N–H and O–H groups in total. The predicted molar refractivity (Wildman–Crippen MR) is 99.4 cm³/mol. The van der Waals surface area contributed by atoms with Gasteiger partial charge in [-0.1, -0.05) is 12.8 Å². The van der Waals surface area contributed by atoms with Crippen molar-refractivity contribution in [2.24, 2.45) is 5.92 Å². The average molecular weight is 386 g/mol. The van der Waals surface area contributed by atoms with E-state index in [0.29, 0.717) is 32.5 Å². The predicted octanol–water partition coefficient (Wildman–Crippen LogP) is 0.451. The van der Waals surface area contributed by atoms with E-state index < -0.39 is 9.84 Å². The highest BCUT2D eigenvalue weighted by Crippen LogP contribution is 2.26. The van der Waals surface area contributed by atoms with Crippen LogP contribution in [0.5, 0.6) is 0 Å². The van der Waals surface area contributed by atoms with E-state index in [4.69, 9.17) is 0 Å². The second-order valence-corrected chi connectivity index (χ2v) is 10.2. The smallest absolute Gasteiger partial charge is 0.237 e. The Balaban J connectivity index is 1.46. The van der Waals surface area contributed by atoms with Crippen molar-refractivity contribution in [3.8, 4) is 0 Å². The summed E-state index contributed by atoms with van der Waals surface area (Å²) in [5, 5.41) is 5.84. The summed E-state index contributed by atoms with van der Waals surface area (Å²) in [7, 11) is -3.33. The zero-order valence-electron chi connectivity index (χ0n) is 15.4. The van der Waals surface area contributed by atoms with E-state index >= 15 is 0 Å². The van der Waals surface area contributed by atoms with Gasteiger partial charge in [0.2, 0.25) is 11.8 Å². The molecule has 2 saturated heterocycles. The van der Waals surface area contributed by atoms with Gasteiger partial charge in [-0.15, -0.1) is 0 Å². The van der Waals surface area contributed by atoms with Crippen LogP contribution in [0.1, 0.15) is 51.4 Å². The van der Waals surface area contributed by atoms with Crippen molar-refractivity contribution in [2.75, 3.05) is 31.9 Å². The number of piperidine rings is 1. The standard InChI is InChI=1S/C18H31N3O4S/c22-17(13-26(24,25)15-6-1-2-7-15)21-10-4-5-14(12-21)11-20-18(23)16-8-3-9-19-16/h14-16,19H,1-13H2,(H,20,23). The molecule has 2 heterocycles. The Morgan fingerprint density at radius 2 is 1.81 bits per heavy atom. The molecule has 26 heavy (non-hydrogen) atoms. The fourth-order valence-corrected chi connectivity index (χ4v) is 6.18. The minimum absolute atomic E-state index is 0.0368. The van der Waals surface area contributed by atoms with Crippen LogP contribution >= 0.6 is 0 Å². The average Bonchev–Trinajstić information content (AvgIpc) is 3.33. The zero-order chi connectivity index (χ0) is 18.6. The molecular weight excluding hydrogens is 354 g/mol. The van der Waals surface area contributed by atoms with Crippen molar-refractivity contribution < 1.29 is 18.0 Å². The number of rotatable bonds is 6. The van der Waals surface area contributed by atoms with Crippen molar-refractivity contribution in [3.05, 3.63) is 0 Å². The second-order valence-electron chi connectivity index (χ2n) is 7.96. The fourth-order valence-electron chi connectivity index (χ4n) is 4.36. The molecule has 7 nitrogen and oxygen atoms in total. The maximum Gasteiger partial charge on any atom is 0.237 e. The number of likely N-dealkylation sites (tertiary alicyclic amines) is 1. The van der Waals surface area contributed by atoms with E-state index in [-0.39, 0.29) is 34.8 Å². The summed E-state index contributed by atoms with van der Waals surface area (Å²) < 4.78 is 24.8. The number of hydrogen-bond acceptors (Lipinski definition) is 5. The molecule has 2 aliphatic heterocycles. The largest absolute Gasteiger partial charge is 0.354 e. The van der Waals surface area contributed by atoms with E-state index in [1.807, 2.05) is 0 Å². The van der Waals surface area contributed by atoms with Gasteiger partial charge >= 0.3 is 0 Å². The summed E-state index contributed by atoms with van der Waals surface area (Å²) in [5.41, 5.74) is 0. The van der Waals surface area contributed by atoms with Gasteiger partial charge in [0.15, 0.2) is 9.84 Å². The van der Waals surface area contributed by atoms with E-state index in [1.165, 1.54) is 0 Å². The van der Waals surface area contributed by atoms with Crippen LogP contribution in [0, 0.1) is 5.92 Å². The Kier molecular flexibility index (Phi) is 6.55. The van der Waals surface area contributed by atoms with Crippen LogP contribution in [0.3, 0.4) is 0 Å². The number of nitrogens with one attached hydrogen (secondary N) is 2. The van der Waals surface area contributed by atoms with Crippen LogP contribution in [-0.2, 0) is 19.4 Å². The molecule has 0 radical (unpaired) electrons. The molecule has 0 aromatic heterocycles. The van der Waals surface area contributed by atoms with Gasteiger partial charge in [-0.3, -0.25) is 9.59 Å². The first-order chi connectivity index (χ1) is 12.5. The SMILES string of the molecule is O=C(NCC1CCCN(C(=O)CS(=O)(=O)C2CCCC2)C1)C1CCCN1. The quantitative estimate of drug-likeness (QED) is 0.692. The Morgan fingerprint density at radius 3 is 2.50 bits per heavy atom. The number of nitrogens with zero attached hydrogens (tertiary/aromatic N) is 1. The number of hydrogen-bond donors (Lipinski definition) is 2. The van der Waals surface area contributed by atoms with Crippen LogP contribution in [-0.4, -0.2) is 68.4 Å². The lowest BCUT2D eigenvalue weighted by Crippen LogP contribution is -2.48. The van der Waals surface area contributed by atoms with Crippen LogP contribution in [0.15, 0.2) is 0 Å². The first-order valence-corrected chi connectivity index (χ1v) is 11.7. The van der Waals surface area contributed by atoms with Gasteiger partial charge in [0, 0.05) is 19.6 Å². The highest BCUT2D eigenvalue weighted by molar-refractivity contribution is 7.92. The molecule has 1 aliphatic carbocycles. The van der Waals surface area contributed by atoms with Crippen molar-refractivity contribution >= 4 is 21.7 Å². The van der Waals surface area contributed by atoms with Gasteiger partial charge in [0.1, 0.15) is 5.75 Å². The van der Waals surface area contributed by atoms with Crippen LogP contribution in [0.4, 0.5) is 0 Å². The number of sulfone groups is 1. The third-order valence-corrected chi connectivity index (χ3v) is 8.08. The minimum atomic E-state index is -3.33. The van der Waals surface area contributed by atoms with E-state index in [0.717, 1.165) is 45.1 Å². The zero-order valence-corrected chi connectivity index (χ0v) is 16.2. The molecule has 2 atom stereocenters. The van der Waals surface area contributed by atoms with Gasteiger partial charge < -0.3 is 15.5 Å². The molecule has 148 valence electrons. The van der Waals surface area contributed by atoms with Gasteiger partial charge in [-0.05, 0) is 51.0 Å². The number of carbonyl (C=O) groups is 2. The molecule has 3 fully saturated rings. The van der Waals surface area contributed by atoms with Crippen molar-refractivity contribution in [2.45, 2.75) is 62.7 Å². The van der Waals surface area contributed by atoms with Gasteiger partial charge in [0.05, 0.1) is 11.3 Å². The number of amides is 2. The molecule has 1 saturated carbocycles. The molecule has 0 spiro atoms. The Bertz CT molecular complexity index is 610. The van der Waals surface area contributed by atoms with Crippen LogP contribution in [0.2, 0.25) is 0 Å². The minimum Gasteiger partial charge on any atom is -0.354 e. The maximum absolute atomic E-state index is 12.5. The third kappa shape index (κ3) is 4.97. The maximum atomic E-state index is 12.5. The molecule has 2 amide bonds. The fraction of sp³-hybridized carbons (Fsp3) is 0.889. The molecule has 2 unspecified atom stereocenters. The first kappa shape index (κ1) is 19.6. The molecule has 3 aliphatic rings. The van der Waals surface area contributed by atoms with Gasteiger partial charge in [-0.2, -0.15) is 0 Å². The molecule has 0 bridgehead atoms. The molecule has 0 aromatic carbocycles. The summed E-state index contributed by atoms with van der Waals surface area (Å²) in [5.74, 6) is -0.393. The lowest BCUT2D eigenvalue weighted by molar-refractivity contribution is -0.130. The first-order valence-electron chi connectivity index (χ1n) is 9.96. The molecule has 3 rings (SSSR count). The summed E-state index contributed by atoms with van der Waals surface area (Å²) in [6.07, 6.45) is 6.99. The highest BCUT2D eigenvalue weighted by atomic mass is 32.2. The molecule has 8 heteroatoms. The van der Waals surface area contributed by atoms with Crippen LogP contribution < -0.4 is 10.6 Å². The van der Waals surface area contributed by atoms with E-state index in [9.17, 15) is 18.0 Å². The van der Waals surface area contributed by atoms with Crippen molar-refractivity contribution in [3.63, 3.8) is 0 Å². The van der Waals surface area contributed by atoms with Gasteiger partial charge in [0.25, 0.3) is 0 Å². The summed E-state index contributed by atoms with van der Waals surface area (Å²) in [6.45, 7) is 2.60. The Morgan fingerprint density at radius 1 is 1.04 bits per heavy atom. The molecule has 0 aromatic rings. The monoisotopic (exact) mass is 385 g/mol. The number of carbonyl (C=O) groups excluding carboxylic acids is 2. The molecular formula is C18H31N3O4S. The topological polar surface area (TPSA) is 95.6 Å². The summed E-state index contributed by atoms with van der Waals surface area (Å²) >= 11 is 0. The normalized spacial score (nSPS) is 27.6. The van der Waals surface area contributed by atoms with Crippen LogP contribution in [0.25, 0.3) is 0 Å². The van der Waals surface area contributed by atoms with E-state index in [2.05, 4.69) is 10.6 Å². The Labute approximate surface area is 156 Å². The highest BCUT2D eigenvalue weighted by Gasteiger charge is 2.33. The van der Waals surface area contributed by atoms with E-state index in [1.54, 1.807) is 4.90 Å². The van der Waals surface area contributed by atoms with Crippen molar-refractivity contribution in [1.29, 1.82) is 0 Å². The summed E-state index contributed by atoms with van der Waals surface area (Å²) in [4.78, 5) is 26.3. The lowest BCUT2D eigenvalue weighted by atomic mass is 9.98. The lowest BCUT2D eigenvalue weighted by Gasteiger charge is -2.33.